The number of amides is 1. The van der Waals surface area contributed by atoms with Crippen LogP contribution in [0.5, 0.6) is 0 Å². The standard InChI is InChI=1S/C22H36NO7P/c1-8-27-20(24)19(23-21(25)30-22(5,6)7)18(17-14-12-11-13-15-17)16(4)31(26,28-9-2)29-10-3/h11-16,18-19H,8-10H2,1-7H3,(H,23,25)/t16-,18-,19-/m0/s1. The van der Waals surface area contributed by atoms with Crippen LogP contribution >= 0.6 is 7.60 Å². The van der Waals surface area contributed by atoms with Gasteiger partial charge in [0, 0.05) is 5.92 Å². The summed E-state index contributed by atoms with van der Waals surface area (Å²) in [4.78, 5) is 25.5. The molecule has 0 fully saturated rings. The summed E-state index contributed by atoms with van der Waals surface area (Å²) in [5.74, 6) is -1.41. The molecule has 0 saturated carbocycles. The van der Waals surface area contributed by atoms with E-state index in [1.807, 2.05) is 6.07 Å². The second kappa shape index (κ2) is 12.2. The molecule has 0 aliphatic carbocycles. The molecule has 0 radical (unpaired) electrons. The summed E-state index contributed by atoms with van der Waals surface area (Å²) in [5.41, 5.74) is -0.841. The molecule has 31 heavy (non-hydrogen) atoms. The van der Waals surface area contributed by atoms with Gasteiger partial charge in [0.2, 0.25) is 0 Å². The molecule has 1 aromatic rings. The SMILES string of the molecule is CCOC(=O)[C@@H](NC(=O)OC(C)(C)C)[C@H](c1ccccc1)[C@H](C)P(=O)(OCC)OCC. The summed E-state index contributed by atoms with van der Waals surface area (Å²) in [6.07, 6.45) is -0.777. The van der Waals surface area contributed by atoms with Gasteiger partial charge in [-0.2, -0.15) is 0 Å². The van der Waals surface area contributed by atoms with E-state index in [0.29, 0.717) is 5.56 Å². The monoisotopic (exact) mass is 457 g/mol. The molecule has 9 heteroatoms. The number of nitrogens with one attached hydrogen (secondary N) is 1. The number of hydrogen-bond donors (Lipinski definition) is 1. The Hall–Kier alpha value is -1.89. The summed E-state index contributed by atoms with van der Waals surface area (Å²) < 4.78 is 35.3. The van der Waals surface area contributed by atoms with Crippen molar-refractivity contribution in [2.45, 2.75) is 71.7 Å². The van der Waals surface area contributed by atoms with Gasteiger partial charge in [-0.25, -0.2) is 9.59 Å². The van der Waals surface area contributed by atoms with E-state index in [4.69, 9.17) is 18.5 Å². The molecule has 0 aromatic heterocycles. The predicted molar refractivity (Wildman–Crippen MR) is 119 cm³/mol. The fourth-order valence-electron chi connectivity index (χ4n) is 3.22. The van der Waals surface area contributed by atoms with Crippen molar-refractivity contribution in [1.29, 1.82) is 0 Å². The molecule has 176 valence electrons. The molecule has 0 unspecified atom stereocenters. The van der Waals surface area contributed by atoms with Gasteiger partial charge in [0.15, 0.2) is 0 Å². The first-order valence-corrected chi connectivity index (χ1v) is 12.2. The Bertz CT molecular complexity index is 738. The molecule has 0 spiro atoms. The number of carbonyl (C=O) groups excluding carboxylic acids is 2. The Morgan fingerprint density at radius 2 is 1.55 bits per heavy atom. The van der Waals surface area contributed by atoms with E-state index >= 15 is 0 Å². The summed E-state index contributed by atoms with van der Waals surface area (Å²) in [7, 11) is -3.63. The predicted octanol–water partition coefficient (Wildman–Crippen LogP) is 4.88. The van der Waals surface area contributed by atoms with Gasteiger partial charge in [0.05, 0.1) is 25.5 Å². The quantitative estimate of drug-likeness (QED) is 0.373. The first-order chi connectivity index (χ1) is 14.5. The van der Waals surface area contributed by atoms with Crippen LogP contribution in [-0.2, 0) is 27.9 Å². The minimum Gasteiger partial charge on any atom is -0.464 e. The third-order valence-electron chi connectivity index (χ3n) is 4.39. The van der Waals surface area contributed by atoms with Gasteiger partial charge in [0.1, 0.15) is 11.6 Å². The van der Waals surface area contributed by atoms with Crippen LogP contribution in [0.2, 0.25) is 0 Å². The fraction of sp³-hybridized carbons (Fsp3) is 0.636. The van der Waals surface area contributed by atoms with Crippen molar-refractivity contribution in [2.75, 3.05) is 19.8 Å². The summed E-state index contributed by atoms with van der Waals surface area (Å²) >= 11 is 0. The molecule has 0 bridgehead atoms. The van der Waals surface area contributed by atoms with E-state index in [-0.39, 0.29) is 19.8 Å². The van der Waals surface area contributed by atoms with Gasteiger partial charge in [-0.1, -0.05) is 37.3 Å². The molecule has 0 saturated heterocycles. The highest BCUT2D eigenvalue weighted by atomic mass is 31.2. The van der Waals surface area contributed by atoms with Gasteiger partial charge < -0.3 is 23.8 Å². The van der Waals surface area contributed by atoms with E-state index in [9.17, 15) is 14.2 Å². The molecule has 1 N–H and O–H groups in total. The fourth-order valence-corrected chi connectivity index (χ4v) is 5.22. The highest BCUT2D eigenvalue weighted by Crippen LogP contribution is 2.57. The van der Waals surface area contributed by atoms with Crippen molar-refractivity contribution in [1.82, 2.24) is 5.32 Å². The maximum atomic E-state index is 13.6. The minimum atomic E-state index is -3.63. The second-order valence-electron chi connectivity index (χ2n) is 7.93. The lowest BCUT2D eigenvalue weighted by molar-refractivity contribution is -0.146. The van der Waals surface area contributed by atoms with E-state index < -0.39 is 42.9 Å². The van der Waals surface area contributed by atoms with Crippen LogP contribution in [0.3, 0.4) is 0 Å². The highest BCUT2D eigenvalue weighted by Gasteiger charge is 2.45. The lowest BCUT2D eigenvalue weighted by Crippen LogP contribution is -2.50. The summed E-state index contributed by atoms with van der Waals surface area (Å²) in [6.45, 7) is 12.4. The van der Waals surface area contributed by atoms with Crippen LogP contribution < -0.4 is 5.32 Å². The van der Waals surface area contributed by atoms with Gasteiger partial charge in [-0.15, -0.1) is 0 Å². The van der Waals surface area contributed by atoms with Gasteiger partial charge in [-0.3, -0.25) is 4.57 Å². The molecule has 3 atom stereocenters. The zero-order valence-electron chi connectivity index (χ0n) is 19.5. The molecular weight excluding hydrogens is 421 g/mol. The minimum absolute atomic E-state index is 0.121. The van der Waals surface area contributed by atoms with Crippen molar-refractivity contribution in [3.8, 4) is 0 Å². The van der Waals surface area contributed by atoms with Crippen LogP contribution in [-0.4, -0.2) is 49.2 Å². The van der Waals surface area contributed by atoms with Gasteiger partial charge in [-0.05, 0) is 47.1 Å². The Kier molecular flexibility index (Phi) is 10.7. The average Bonchev–Trinajstić information content (AvgIpc) is 2.67. The number of esters is 1. The van der Waals surface area contributed by atoms with Crippen LogP contribution in [0.1, 0.15) is 59.9 Å². The largest absolute Gasteiger partial charge is 0.464 e. The number of carbonyl (C=O) groups is 2. The van der Waals surface area contributed by atoms with Crippen LogP contribution in [0.15, 0.2) is 30.3 Å². The van der Waals surface area contributed by atoms with Crippen LogP contribution in [0.4, 0.5) is 4.79 Å². The Morgan fingerprint density at radius 3 is 2.00 bits per heavy atom. The van der Waals surface area contributed by atoms with Crippen LogP contribution in [0, 0.1) is 0 Å². The van der Waals surface area contributed by atoms with E-state index in [1.165, 1.54) is 0 Å². The number of ether oxygens (including phenoxy) is 2. The lowest BCUT2D eigenvalue weighted by Gasteiger charge is -2.35. The molecule has 0 aliphatic rings. The maximum Gasteiger partial charge on any atom is 0.408 e. The second-order valence-corrected chi connectivity index (χ2v) is 10.3. The molecule has 0 aliphatic heterocycles. The Labute approximate surface area is 185 Å². The van der Waals surface area contributed by atoms with Crippen molar-refractivity contribution in [2.24, 2.45) is 0 Å². The molecule has 0 heterocycles. The molecule has 8 nitrogen and oxygen atoms in total. The van der Waals surface area contributed by atoms with E-state index in [1.54, 1.807) is 72.7 Å². The van der Waals surface area contributed by atoms with Crippen molar-refractivity contribution in [3.05, 3.63) is 35.9 Å². The van der Waals surface area contributed by atoms with Crippen molar-refractivity contribution >= 4 is 19.7 Å². The Morgan fingerprint density at radius 1 is 1.00 bits per heavy atom. The normalized spacial score (nSPS) is 14.9. The maximum absolute atomic E-state index is 13.6. The number of rotatable bonds is 11. The first kappa shape index (κ1) is 27.1. The Balaban J connectivity index is 3.49. The number of alkyl carbamates (subject to hydrolysis) is 1. The van der Waals surface area contributed by atoms with Crippen molar-refractivity contribution in [3.63, 3.8) is 0 Å². The number of hydrogen-bond acceptors (Lipinski definition) is 7. The zero-order valence-corrected chi connectivity index (χ0v) is 20.4. The first-order valence-electron chi connectivity index (χ1n) is 10.6. The van der Waals surface area contributed by atoms with E-state index in [2.05, 4.69) is 5.32 Å². The molecule has 1 aromatic carbocycles. The molecule has 1 rings (SSSR count). The summed E-state index contributed by atoms with van der Waals surface area (Å²) in [6, 6.07) is 7.87. The lowest BCUT2D eigenvalue weighted by atomic mass is 9.88. The molecule has 1 amide bonds. The van der Waals surface area contributed by atoms with E-state index in [0.717, 1.165) is 0 Å². The smallest absolute Gasteiger partial charge is 0.408 e. The van der Waals surface area contributed by atoms with Gasteiger partial charge in [0.25, 0.3) is 0 Å². The zero-order chi connectivity index (χ0) is 23.7. The third-order valence-corrected chi connectivity index (χ3v) is 6.95. The average molecular weight is 458 g/mol. The number of benzene rings is 1. The summed E-state index contributed by atoms with van der Waals surface area (Å²) in [5, 5.41) is 2.63. The van der Waals surface area contributed by atoms with Gasteiger partial charge >= 0.3 is 19.7 Å². The van der Waals surface area contributed by atoms with Crippen LogP contribution in [0.25, 0.3) is 0 Å². The van der Waals surface area contributed by atoms with Crippen molar-refractivity contribution < 1.29 is 32.7 Å². The highest BCUT2D eigenvalue weighted by molar-refractivity contribution is 7.54. The third kappa shape index (κ3) is 8.28. The topological polar surface area (TPSA) is 100 Å². The molecular formula is C22H36NO7P.